The zero-order valence-corrected chi connectivity index (χ0v) is 19.8. The molecule has 0 radical (unpaired) electrons. The summed E-state index contributed by atoms with van der Waals surface area (Å²) in [5, 5.41) is 32.9. The Morgan fingerprint density at radius 2 is 1.76 bits per heavy atom. The summed E-state index contributed by atoms with van der Waals surface area (Å²) in [6.45, 7) is 7.89. The van der Waals surface area contributed by atoms with Crippen molar-refractivity contribution >= 4 is 17.7 Å². The summed E-state index contributed by atoms with van der Waals surface area (Å²) in [5.74, 6) is -2.70. The monoisotopic (exact) mass is 461 g/mol. The summed E-state index contributed by atoms with van der Waals surface area (Å²) in [6.07, 6.45) is 6.38. The molecule has 3 rings (SSSR count). The van der Waals surface area contributed by atoms with Crippen LogP contribution < -0.4 is 5.32 Å². The summed E-state index contributed by atoms with van der Waals surface area (Å²) in [5.41, 5.74) is -0.292. The van der Waals surface area contributed by atoms with Crippen LogP contribution in [0.25, 0.3) is 0 Å². The van der Waals surface area contributed by atoms with Gasteiger partial charge in [-0.05, 0) is 34.1 Å². The van der Waals surface area contributed by atoms with Crippen molar-refractivity contribution in [3.05, 3.63) is 47.6 Å². The van der Waals surface area contributed by atoms with Crippen molar-refractivity contribution in [1.29, 1.82) is 0 Å². The average Bonchev–Trinajstić information content (AvgIpc) is 2.75. The Bertz CT molecular complexity index is 885. The number of fused-ring (bicyclic) bond motifs is 10. The molecule has 2 heterocycles. The van der Waals surface area contributed by atoms with Gasteiger partial charge in [0.15, 0.2) is 5.78 Å². The molecule has 2 bridgehead atoms. The number of ether oxygens (including phenoxy) is 1. The van der Waals surface area contributed by atoms with E-state index < -0.39 is 59.5 Å². The molecule has 0 aromatic rings. The molecule has 2 aliphatic heterocycles. The van der Waals surface area contributed by atoms with Crippen molar-refractivity contribution in [1.82, 2.24) is 5.32 Å². The van der Waals surface area contributed by atoms with Gasteiger partial charge in [0.25, 0.3) is 0 Å². The van der Waals surface area contributed by atoms with Crippen LogP contribution in [-0.2, 0) is 19.1 Å². The Kier molecular flexibility index (Phi) is 8.94. The number of hydrogen-bond donors (Lipinski definition) is 4. The fraction of sp³-hybridized carbons (Fsp3) is 0.560. The first-order valence-corrected chi connectivity index (χ1v) is 11.2. The van der Waals surface area contributed by atoms with Crippen LogP contribution in [0.1, 0.15) is 47.5 Å². The average molecular weight is 462 g/mol. The lowest BCUT2D eigenvalue weighted by atomic mass is 9.69. The maximum Gasteiger partial charge on any atom is 0.322 e. The molecule has 0 spiro atoms. The Labute approximate surface area is 194 Å². The molecule has 33 heavy (non-hydrogen) atoms. The van der Waals surface area contributed by atoms with Gasteiger partial charge in [-0.2, -0.15) is 0 Å². The van der Waals surface area contributed by atoms with E-state index in [1.807, 2.05) is 13.0 Å². The summed E-state index contributed by atoms with van der Waals surface area (Å²) in [4.78, 5) is 38.9. The summed E-state index contributed by atoms with van der Waals surface area (Å²) in [6, 6.07) is -1.09. The molecule has 1 fully saturated rings. The van der Waals surface area contributed by atoms with E-state index in [4.69, 9.17) is 4.74 Å². The zero-order valence-electron chi connectivity index (χ0n) is 19.8. The second-order valence-corrected chi connectivity index (χ2v) is 9.14. The number of esters is 1. The minimum absolute atomic E-state index is 0.0439. The molecule has 0 aromatic carbocycles. The second-order valence-electron chi connectivity index (χ2n) is 9.14. The van der Waals surface area contributed by atoms with Crippen LogP contribution in [0, 0.1) is 11.3 Å². The van der Waals surface area contributed by atoms with Gasteiger partial charge in [0, 0.05) is 6.42 Å². The van der Waals surface area contributed by atoms with Gasteiger partial charge in [-0.25, -0.2) is 0 Å². The molecule has 4 N–H and O–H groups in total. The molecule has 1 aliphatic carbocycles. The molecule has 0 unspecified atom stereocenters. The fourth-order valence-electron chi connectivity index (χ4n) is 3.88. The maximum atomic E-state index is 13.5. The highest BCUT2D eigenvalue weighted by molar-refractivity contribution is 6.08. The van der Waals surface area contributed by atoms with Crippen LogP contribution in [0.4, 0.5) is 0 Å². The van der Waals surface area contributed by atoms with Gasteiger partial charge in [-0.3, -0.25) is 14.4 Å². The number of aliphatic hydroxyl groups excluding tert-OH is 3. The molecule has 182 valence electrons. The van der Waals surface area contributed by atoms with Crippen LogP contribution in [-0.4, -0.2) is 63.4 Å². The Morgan fingerprint density at radius 3 is 2.39 bits per heavy atom. The molecule has 8 heteroatoms. The van der Waals surface area contributed by atoms with Gasteiger partial charge in [-0.1, -0.05) is 54.5 Å². The van der Waals surface area contributed by atoms with Gasteiger partial charge in [0.1, 0.15) is 17.6 Å². The number of amides is 1. The molecular formula is C25H35NO7. The minimum Gasteiger partial charge on any atom is -0.461 e. The Morgan fingerprint density at radius 1 is 1.15 bits per heavy atom. The number of carbonyl (C=O) groups is 3. The number of hydrogen-bond acceptors (Lipinski definition) is 7. The van der Waals surface area contributed by atoms with E-state index in [-0.39, 0.29) is 6.42 Å². The molecular weight excluding hydrogens is 426 g/mol. The van der Waals surface area contributed by atoms with Crippen LogP contribution >= 0.6 is 0 Å². The number of ketones is 1. The molecule has 0 saturated carbocycles. The second kappa shape index (κ2) is 11.0. The van der Waals surface area contributed by atoms with E-state index >= 15 is 0 Å². The van der Waals surface area contributed by atoms with Gasteiger partial charge in [-0.15, -0.1) is 0 Å². The smallest absolute Gasteiger partial charge is 0.322 e. The van der Waals surface area contributed by atoms with Gasteiger partial charge < -0.3 is 25.4 Å². The van der Waals surface area contributed by atoms with Crippen molar-refractivity contribution in [2.75, 3.05) is 0 Å². The van der Waals surface area contributed by atoms with Crippen LogP contribution in [0.3, 0.4) is 0 Å². The number of allylic oxidation sites excluding steroid dienone is 4. The highest BCUT2D eigenvalue weighted by Gasteiger charge is 2.56. The molecule has 1 saturated heterocycles. The van der Waals surface area contributed by atoms with E-state index in [9.17, 15) is 29.7 Å². The van der Waals surface area contributed by atoms with Crippen molar-refractivity contribution in [3.8, 4) is 0 Å². The number of carbonyl (C=O) groups excluding carboxylic acids is 3. The quantitative estimate of drug-likeness (QED) is 0.362. The fourth-order valence-corrected chi connectivity index (χ4v) is 3.88. The third kappa shape index (κ3) is 6.50. The van der Waals surface area contributed by atoms with E-state index in [0.29, 0.717) is 12.0 Å². The molecule has 1 amide bonds. The van der Waals surface area contributed by atoms with E-state index in [1.165, 1.54) is 13.8 Å². The number of Topliss-reactive ketones (excluding diaryl/α,β-unsaturated/α-hetero) is 1. The van der Waals surface area contributed by atoms with Crippen molar-refractivity contribution < 1.29 is 34.4 Å². The van der Waals surface area contributed by atoms with Gasteiger partial charge in [0.05, 0.1) is 24.2 Å². The lowest BCUT2D eigenvalue weighted by Gasteiger charge is -2.42. The van der Waals surface area contributed by atoms with Crippen molar-refractivity contribution in [3.63, 3.8) is 0 Å². The standard InChI is InChI=1S/C25H35NO7/c1-14-6-9-18(28)10-8-15(2)12-21(26-23(31)17(4)27)25(5)22(30)16(3)20(33-24(25)32)13-19(29)11-7-14/h6-8,10-12,16-21,27-29H,9,13H2,1-5H3,(H,26,31)/b10-8+,11-7+,14-6+,15-12+/t16-,17+,18+,19-,20+,21-,25+/m1/s1. The summed E-state index contributed by atoms with van der Waals surface area (Å²) >= 11 is 0. The maximum absolute atomic E-state index is 13.5. The predicted octanol–water partition coefficient (Wildman–Crippen LogP) is 1.51. The minimum atomic E-state index is -1.74. The van der Waals surface area contributed by atoms with Crippen molar-refractivity contribution in [2.24, 2.45) is 11.3 Å². The third-order valence-corrected chi connectivity index (χ3v) is 6.21. The number of rotatable bonds is 2. The SMILES string of the molecule is CC1=C\C[C@H](O)/C=C/C(C)=C/[C@@H](NC(=O)[C@H](C)O)[C@]2(C)C(=O)O[C@@H](C[C@H](O)\C=C\1)[C@@H](C)C2=O. The molecule has 3 aliphatic rings. The summed E-state index contributed by atoms with van der Waals surface area (Å²) in [7, 11) is 0. The normalized spacial score (nSPS) is 39.8. The first kappa shape index (κ1) is 26.7. The van der Waals surface area contributed by atoms with Gasteiger partial charge in [0.2, 0.25) is 5.91 Å². The Hall–Kier alpha value is -2.55. The summed E-state index contributed by atoms with van der Waals surface area (Å²) < 4.78 is 5.61. The topological polar surface area (TPSA) is 133 Å². The predicted molar refractivity (Wildman–Crippen MR) is 123 cm³/mol. The van der Waals surface area contributed by atoms with Gasteiger partial charge >= 0.3 is 5.97 Å². The van der Waals surface area contributed by atoms with E-state index in [1.54, 1.807) is 44.2 Å². The largest absolute Gasteiger partial charge is 0.461 e. The lowest BCUT2D eigenvalue weighted by molar-refractivity contribution is -0.181. The first-order valence-electron chi connectivity index (χ1n) is 11.2. The molecule has 7 atom stereocenters. The first-order chi connectivity index (χ1) is 15.4. The highest BCUT2D eigenvalue weighted by Crippen LogP contribution is 2.38. The highest BCUT2D eigenvalue weighted by atomic mass is 16.5. The molecule has 0 aromatic heterocycles. The van der Waals surface area contributed by atoms with E-state index in [2.05, 4.69) is 5.32 Å². The lowest BCUT2D eigenvalue weighted by Crippen LogP contribution is -2.61. The zero-order chi connectivity index (χ0) is 24.9. The third-order valence-electron chi connectivity index (χ3n) is 6.21. The van der Waals surface area contributed by atoms with Crippen LogP contribution in [0.2, 0.25) is 0 Å². The van der Waals surface area contributed by atoms with E-state index in [0.717, 1.165) is 5.57 Å². The molecule has 8 nitrogen and oxygen atoms in total. The van der Waals surface area contributed by atoms with Crippen molar-refractivity contribution in [2.45, 2.75) is 77.9 Å². The van der Waals surface area contributed by atoms with Crippen LogP contribution in [0.15, 0.2) is 47.6 Å². The number of aliphatic hydroxyl groups is 3. The van der Waals surface area contributed by atoms with Crippen LogP contribution in [0.5, 0.6) is 0 Å². The number of nitrogens with one attached hydrogen (secondary N) is 1. The Balaban J connectivity index is 2.56.